The van der Waals surface area contributed by atoms with Crippen molar-refractivity contribution in [2.75, 3.05) is 0 Å². The van der Waals surface area contributed by atoms with Crippen molar-refractivity contribution >= 4 is 40.9 Å². The molecule has 1 aliphatic heterocycles. The summed E-state index contributed by atoms with van der Waals surface area (Å²) in [6.07, 6.45) is 1.64. The SMILES string of the molecule is CC1=NNC(=O)/C1=C\c1ccc(-c2cccc(Cl)c2Cl)o1. The molecule has 4 nitrogen and oxygen atoms in total. The Kier molecular flexibility index (Phi) is 3.57. The van der Waals surface area contributed by atoms with E-state index in [4.69, 9.17) is 27.6 Å². The second-order valence-electron chi connectivity index (χ2n) is 4.50. The summed E-state index contributed by atoms with van der Waals surface area (Å²) in [5.41, 5.74) is 4.20. The maximum Gasteiger partial charge on any atom is 0.273 e. The summed E-state index contributed by atoms with van der Waals surface area (Å²) in [6, 6.07) is 8.87. The number of amides is 1. The lowest BCUT2D eigenvalue weighted by Gasteiger charge is -2.02. The first-order valence-corrected chi connectivity index (χ1v) is 6.93. The van der Waals surface area contributed by atoms with Gasteiger partial charge in [0.15, 0.2) is 0 Å². The summed E-state index contributed by atoms with van der Waals surface area (Å²) in [7, 11) is 0. The minimum Gasteiger partial charge on any atom is -0.457 e. The Morgan fingerprint density at radius 3 is 2.76 bits per heavy atom. The van der Waals surface area contributed by atoms with Gasteiger partial charge in [-0.2, -0.15) is 5.10 Å². The van der Waals surface area contributed by atoms with E-state index >= 15 is 0 Å². The van der Waals surface area contributed by atoms with Gasteiger partial charge < -0.3 is 4.42 Å². The minimum atomic E-state index is -0.244. The van der Waals surface area contributed by atoms with Gasteiger partial charge in [-0.25, -0.2) is 5.43 Å². The second kappa shape index (κ2) is 5.39. The molecule has 0 radical (unpaired) electrons. The Bertz CT molecular complexity index is 791. The first kappa shape index (κ1) is 13.9. The average molecular weight is 321 g/mol. The molecular formula is C15H10Cl2N2O2. The Balaban J connectivity index is 1.98. The molecule has 1 N–H and O–H groups in total. The molecule has 1 aromatic heterocycles. The molecule has 1 aromatic carbocycles. The van der Waals surface area contributed by atoms with Crippen LogP contribution >= 0.6 is 23.2 Å². The van der Waals surface area contributed by atoms with Crippen LogP contribution in [0.2, 0.25) is 10.0 Å². The zero-order valence-electron chi connectivity index (χ0n) is 11.0. The van der Waals surface area contributed by atoms with Crippen molar-refractivity contribution < 1.29 is 9.21 Å². The number of hydrogen-bond acceptors (Lipinski definition) is 3. The second-order valence-corrected chi connectivity index (χ2v) is 5.28. The fourth-order valence-corrected chi connectivity index (χ4v) is 2.39. The average Bonchev–Trinajstić information content (AvgIpc) is 3.04. The maximum absolute atomic E-state index is 11.6. The predicted octanol–water partition coefficient (Wildman–Crippen LogP) is 4.14. The fraction of sp³-hybridized carbons (Fsp3) is 0.0667. The lowest BCUT2D eigenvalue weighted by atomic mass is 10.1. The quantitative estimate of drug-likeness (QED) is 0.845. The number of furan rings is 1. The van der Waals surface area contributed by atoms with Gasteiger partial charge in [0, 0.05) is 5.56 Å². The number of hydrazone groups is 1. The lowest BCUT2D eigenvalue weighted by Crippen LogP contribution is -2.12. The smallest absolute Gasteiger partial charge is 0.273 e. The molecule has 1 aliphatic rings. The van der Waals surface area contributed by atoms with Crippen LogP contribution in [0.3, 0.4) is 0 Å². The monoisotopic (exact) mass is 320 g/mol. The van der Waals surface area contributed by atoms with E-state index in [2.05, 4.69) is 10.5 Å². The molecule has 6 heteroatoms. The molecular weight excluding hydrogens is 311 g/mol. The number of hydrogen-bond donors (Lipinski definition) is 1. The van der Waals surface area contributed by atoms with Gasteiger partial charge in [0.25, 0.3) is 5.91 Å². The van der Waals surface area contributed by atoms with Crippen molar-refractivity contribution in [3.05, 3.63) is 51.7 Å². The molecule has 2 heterocycles. The highest BCUT2D eigenvalue weighted by molar-refractivity contribution is 6.43. The largest absolute Gasteiger partial charge is 0.457 e. The van der Waals surface area contributed by atoms with Crippen molar-refractivity contribution in [3.63, 3.8) is 0 Å². The van der Waals surface area contributed by atoms with Gasteiger partial charge in [-0.15, -0.1) is 0 Å². The summed E-state index contributed by atoms with van der Waals surface area (Å²) in [4.78, 5) is 11.6. The Morgan fingerprint density at radius 1 is 1.24 bits per heavy atom. The molecule has 1 amide bonds. The number of carbonyl (C=O) groups excluding carboxylic acids is 1. The van der Waals surface area contributed by atoms with Crippen LogP contribution in [0.4, 0.5) is 0 Å². The predicted molar refractivity (Wildman–Crippen MR) is 83.4 cm³/mol. The standard InChI is InChI=1S/C15H10Cl2N2O2/c1-8-11(15(20)19-18-8)7-9-5-6-13(21-9)10-3-2-4-12(16)14(10)17/h2-7H,1H3,(H,19,20)/b11-7-. The third kappa shape index (κ3) is 2.60. The van der Waals surface area contributed by atoms with Crippen LogP contribution in [0.1, 0.15) is 12.7 Å². The van der Waals surface area contributed by atoms with Crippen molar-refractivity contribution in [3.8, 4) is 11.3 Å². The van der Waals surface area contributed by atoms with Crippen LogP contribution in [0.25, 0.3) is 17.4 Å². The highest BCUT2D eigenvalue weighted by Crippen LogP contribution is 2.34. The number of benzene rings is 1. The summed E-state index contributed by atoms with van der Waals surface area (Å²) >= 11 is 12.2. The Morgan fingerprint density at radius 2 is 2.05 bits per heavy atom. The Labute approximate surface area is 131 Å². The van der Waals surface area contributed by atoms with E-state index in [-0.39, 0.29) is 5.91 Å². The lowest BCUT2D eigenvalue weighted by molar-refractivity contribution is -0.116. The van der Waals surface area contributed by atoms with Crippen molar-refractivity contribution in [1.82, 2.24) is 5.43 Å². The fourth-order valence-electron chi connectivity index (χ4n) is 2.00. The van der Waals surface area contributed by atoms with E-state index in [1.807, 2.05) is 6.07 Å². The van der Waals surface area contributed by atoms with Gasteiger partial charge in [-0.1, -0.05) is 29.3 Å². The summed E-state index contributed by atoms with van der Waals surface area (Å²) < 4.78 is 5.71. The van der Waals surface area contributed by atoms with Crippen LogP contribution in [0.5, 0.6) is 0 Å². The highest BCUT2D eigenvalue weighted by Gasteiger charge is 2.19. The third-order valence-electron chi connectivity index (χ3n) is 3.09. The molecule has 2 aromatic rings. The van der Waals surface area contributed by atoms with E-state index in [0.717, 1.165) is 0 Å². The number of carbonyl (C=O) groups is 1. The molecule has 0 bridgehead atoms. The maximum atomic E-state index is 11.6. The van der Waals surface area contributed by atoms with E-state index in [1.165, 1.54) is 0 Å². The highest BCUT2D eigenvalue weighted by atomic mass is 35.5. The normalized spacial score (nSPS) is 16.2. The topological polar surface area (TPSA) is 54.6 Å². The van der Waals surface area contributed by atoms with Crippen LogP contribution in [0, 0.1) is 0 Å². The zero-order chi connectivity index (χ0) is 15.0. The van der Waals surface area contributed by atoms with E-state index in [1.54, 1.807) is 37.3 Å². The molecule has 0 spiro atoms. The molecule has 0 aliphatic carbocycles. The number of halogens is 2. The first-order chi connectivity index (χ1) is 10.1. The molecule has 0 saturated carbocycles. The molecule has 106 valence electrons. The van der Waals surface area contributed by atoms with Crippen LogP contribution in [-0.2, 0) is 4.79 Å². The summed E-state index contributed by atoms with van der Waals surface area (Å²) in [5.74, 6) is 0.885. The number of nitrogens with zero attached hydrogens (tertiary/aromatic N) is 1. The zero-order valence-corrected chi connectivity index (χ0v) is 12.5. The summed E-state index contributed by atoms with van der Waals surface area (Å²) in [5, 5.41) is 4.75. The van der Waals surface area contributed by atoms with Crippen LogP contribution < -0.4 is 5.43 Å². The third-order valence-corrected chi connectivity index (χ3v) is 3.91. The van der Waals surface area contributed by atoms with Gasteiger partial charge in [0.2, 0.25) is 0 Å². The van der Waals surface area contributed by atoms with E-state index in [9.17, 15) is 4.79 Å². The minimum absolute atomic E-state index is 0.244. The van der Waals surface area contributed by atoms with Crippen molar-refractivity contribution in [1.29, 1.82) is 0 Å². The first-order valence-electron chi connectivity index (χ1n) is 6.17. The molecule has 0 atom stereocenters. The van der Waals surface area contributed by atoms with Gasteiger partial charge in [0.1, 0.15) is 11.5 Å². The summed E-state index contributed by atoms with van der Waals surface area (Å²) in [6.45, 7) is 1.75. The molecule has 0 saturated heterocycles. The van der Waals surface area contributed by atoms with E-state index in [0.29, 0.717) is 38.4 Å². The molecule has 0 unspecified atom stereocenters. The van der Waals surface area contributed by atoms with E-state index < -0.39 is 0 Å². The van der Waals surface area contributed by atoms with Crippen LogP contribution in [-0.4, -0.2) is 11.6 Å². The van der Waals surface area contributed by atoms with Gasteiger partial charge in [-0.3, -0.25) is 4.79 Å². The van der Waals surface area contributed by atoms with Gasteiger partial charge >= 0.3 is 0 Å². The van der Waals surface area contributed by atoms with Crippen molar-refractivity contribution in [2.24, 2.45) is 5.10 Å². The molecule has 0 fully saturated rings. The number of rotatable bonds is 2. The molecule has 21 heavy (non-hydrogen) atoms. The molecule has 3 rings (SSSR count). The Hall–Kier alpha value is -2.04. The number of nitrogens with one attached hydrogen (secondary N) is 1. The van der Waals surface area contributed by atoms with Crippen molar-refractivity contribution in [2.45, 2.75) is 6.92 Å². The van der Waals surface area contributed by atoms with Crippen LogP contribution in [0.15, 0.2) is 45.4 Å². The van der Waals surface area contributed by atoms with Gasteiger partial charge in [-0.05, 0) is 37.3 Å². The van der Waals surface area contributed by atoms with Gasteiger partial charge in [0.05, 0.1) is 21.3 Å².